The van der Waals surface area contributed by atoms with Crippen LogP contribution in [0.2, 0.25) is 0 Å². The fourth-order valence-electron chi connectivity index (χ4n) is 2.06. The van der Waals surface area contributed by atoms with E-state index in [1.807, 2.05) is 60.7 Å². The van der Waals surface area contributed by atoms with Gasteiger partial charge >= 0.3 is 0 Å². The quantitative estimate of drug-likeness (QED) is 0.345. The average Bonchev–Trinajstić information content (AvgIpc) is 3.04. The Morgan fingerprint density at radius 2 is 1.67 bits per heavy atom. The van der Waals surface area contributed by atoms with Crippen molar-refractivity contribution in [2.75, 3.05) is 0 Å². The van der Waals surface area contributed by atoms with Crippen molar-refractivity contribution in [3.05, 3.63) is 66.2 Å². The van der Waals surface area contributed by atoms with Crippen LogP contribution in [0.4, 0.5) is 0 Å². The van der Waals surface area contributed by atoms with Crippen LogP contribution in [0, 0.1) is 0 Å². The summed E-state index contributed by atoms with van der Waals surface area (Å²) in [5.41, 5.74) is 1.87. The Bertz CT molecular complexity index is 737. The first-order valence-corrected chi connectivity index (χ1v) is 6.47. The van der Waals surface area contributed by atoms with Gasteiger partial charge in [-0.25, -0.2) is 0 Å². The Morgan fingerprint density at radius 1 is 1.00 bits per heavy atom. The van der Waals surface area contributed by atoms with Crippen LogP contribution in [0.5, 0.6) is 0 Å². The molecule has 1 aromatic heterocycles. The van der Waals surface area contributed by atoms with Crippen LogP contribution in [0.25, 0.3) is 11.4 Å². The zero-order valence-electron chi connectivity index (χ0n) is 11.2. The van der Waals surface area contributed by atoms with Gasteiger partial charge in [0.25, 0.3) is 0 Å². The van der Waals surface area contributed by atoms with Crippen LogP contribution in [0.3, 0.4) is 0 Å². The van der Waals surface area contributed by atoms with Gasteiger partial charge in [0.15, 0.2) is 11.7 Å². The van der Waals surface area contributed by atoms with Crippen LogP contribution in [0.1, 0.15) is 5.56 Å². The Balaban J connectivity index is 1.95. The number of tetrazole rings is 1. The van der Waals surface area contributed by atoms with Crippen molar-refractivity contribution in [3.63, 3.8) is 0 Å². The smallest absolute Gasteiger partial charge is 0.188 e. The summed E-state index contributed by atoms with van der Waals surface area (Å²) in [5, 5.41) is 24.3. The van der Waals surface area contributed by atoms with E-state index in [-0.39, 0.29) is 0 Å². The minimum absolute atomic E-state index is 0.366. The molecule has 0 atom stereocenters. The highest BCUT2D eigenvalue weighted by molar-refractivity contribution is 5.88. The minimum Gasteiger partial charge on any atom is -0.409 e. The van der Waals surface area contributed by atoms with Crippen LogP contribution in [0.15, 0.2) is 65.8 Å². The van der Waals surface area contributed by atoms with E-state index in [2.05, 4.69) is 20.7 Å². The molecule has 6 nitrogen and oxygen atoms in total. The molecule has 0 aliphatic heterocycles. The fraction of sp³-hybridized carbons (Fsp3) is 0.0667. The number of aromatic nitrogens is 4. The topological polar surface area (TPSA) is 76.2 Å². The SMILES string of the molecule is O/N=C(/Cc1ccccc1)n1nnnc1-c1ccccc1. The van der Waals surface area contributed by atoms with Gasteiger partial charge in [-0.1, -0.05) is 65.8 Å². The molecule has 2 aromatic carbocycles. The van der Waals surface area contributed by atoms with Crippen molar-refractivity contribution in [3.8, 4) is 11.4 Å². The summed E-state index contributed by atoms with van der Waals surface area (Å²) in [7, 11) is 0. The third-order valence-corrected chi connectivity index (χ3v) is 3.07. The summed E-state index contributed by atoms with van der Waals surface area (Å²) in [6.45, 7) is 0. The summed E-state index contributed by atoms with van der Waals surface area (Å²) in [4.78, 5) is 0. The molecule has 1 heterocycles. The molecule has 1 N–H and O–H groups in total. The first-order valence-electron chi connectivity index (χ1n) is 6.47. The molecule has 0 bridgehead atoms. The van der Waals surface area contributed by atoms with Gasteiger partial charge in [0.2, 0.25) is 0 Å². The molecule has 3 aromatic rings. The second-order valence-electron chi connectivity index (χ2n) is 4.46. The van der Waals surface area contributed by atoms with E-state index >= 15 is 0 Å². The normalized spacial score (nSPS) is 11.5. The average molecular weight is 279 g/mol. The lowest BCUT2D eigenvalue weighted by Crippen LogP contribution is -2.18. The maximum absolute atomic E-state index is 9.30. The molecule has 0 radical (unpaired) electrons. The van der Waals surface area contributed by atoms with Gasteiger partial charge in [-0.05, 0) is 16.0 Å². The van der Waals surface area contributed by atoms with E-state index in [0.29, 0.717) is 18.1 Å². The maximum Gasteiger partial charge on any atom is 0.188 e. The predicted octanol–water partition coefficient (Wildman–Crippen LogP) is 2.22. The van der Waals surface area contributed by atoms with E-state index in [1.54, 1.807) is 0 Å². The second kappa shape index (κ2) is 5.96. The third kappa shape index (κ3) is 2.79. The minimum atomic E-state index is 0.366. The molecule has 0 fully saturated rings. The fourth-order valence-corrected chi connectivity index (χ4v) is 2.06. The van der Waals surface area contributed by atoms with Gasteiger partial charge in [-0.2, -0.15) is 4.68 Å². The first kappa shape index (κ1) is 13.0. The number of hydrogen-bond donors (Lipinski definition) is 1. The van der Waals surface area contributed by atoms with Gasteiger partial charge in [0, 0.05) is 12.0 Å². The van der Waals surface area contributed by atoms with Crippen molar-refractivity contribution in [1.82, 2.24) is 20.2 Å². The Morgan fingerprint density at radius 3 is 2.33 bits per heavy atom. The van der Waals surface area contributed by atoms with Crippen molar-refractivity contribution in [2.24, 2.45) is 5.16 Å². The summed E-state index contributed by atoms with van der Waals surface area (Å²) >= 11 is 0. The summed E-state index contributed by atoms with van der Waals surface area (Å²) in [5.74, 6) is 0.907. The molecule has 0 spiro atoms. The summed E-state index contributed by atoms with van der Waals surface area (Å²) < 4.78 is 1.45. The third-order valence-electron chi connectivity index (χ3n) is 3.07. The van der Waals surface area contributed by atoms with Gasteiger partial charge in [-0.15, -0.1) is 5.10 Å². The molecule has 3 rings (SSSR count). The van der Waals surface area contributed by atoms with Crippen LogP contribution in [-0.4, -0.2) is 31.3 Å². The molecule has 0 saturated carbocycles. The highest BCUT2D eigenvalue weighted by atomic mass is 16.4. The van der Waals surface area contributed by atoms with Crippen molar-refractivity contribution in [1.29, 1.82) is 0 Å². The second-order valence-corrected chi connectivity index (χ2v) is 4.46. The molecule has 6 heteroatoms. The van der Waals surface area contributed by atoms with E-state index in [0.717, 1.165) is 11.1 Å². The molecular formula is C15H13N5O. The van der Waals surface area contributed by atoms with Crippen LogP contribution < -0.4 is 0 Å². The zero-order chi connectivity index (χ0) is 14.5. The molecule has 0 unspecified atom stereocenters. The number of hydrogen-bond acceptors (Lipinski definition) is 5. The van der Waals surface area contributed by atoms with E-state index in [9.17, 15) is 5.21 Å². The zero-order valence-corrected chi connectivity index (χ0v) is 11.2. The lowest BCUT2D eigenvalue weighted by molar-refractivity contribution is 0.315. The lowest BCUT2D eigenvalue weighted by atomic mass is 10.1. The molecule has 0 aliphatic carbocycles. The monoisotopic (exact) mass is 279 g/mol. The van der Waals surface area contributed by atoms with Gasteiger partial charge in [0.05, 0.1) is 0 Å². The van der Waals surface area contributed by atoms with Gasteiger partial charge < -0.3 is 5.21 Å². The highest BCUT2D eigenvalue weighted by Gasteiger charge is 2.14. The largest absolute Gasteiger partial charge is 0.409 e. The standard InChI is InChI=1S/C15H13N5O/c21-17-14(11-12-7-3-1-4-8-12)20-15(16-18-19-20)13-9-5-2-6-10-13/h1-10,21H,11H2/b17-14-. The van der Waals surface area contributed by atoms with Crippen molar-refractivity contribution in [2.45, 2.75) is 6.42 Å². The number of benzene rings is 2. The molecule has 0 saturated heterocycles. The molecule has 21 heavy (non-hydrogen) atoms. The Labute approximate surface area is 121 Å². The van der Waals surface area contributed by atoms with Crippen molar-refractivity contribution >= 4 is 5.84 Å². The summed E-state index contributed by atoms with van der Waals surface area (Å²) in [6, 6.07) is 19.2. The highest BCUT2D eigenvalue weighted by Crippen LogP contribution is 2.15. The maximum atomic E-state index is 9.30. The Kier molecular flexibility index (Phi) is 3.68. The molecular weight excluding hydrogens is 266 g/mol. The van der Waals surface area contributed by atoms with E-state index in [4.69, 9.17) is 0 Å². The molecule has 0 aliphatic rings. The van der Waals surface area contributed by atoms with Crippen molar-refractivity contribution < 1.29 is 5.21 Å². The van der Waals surface area contributed by atoms with E-state index in [1.165, 1.54) is 4.68 Å². The number of nitrogens with zero attached hydrogens (tertiary/aromatic N) is 5. The van der Waals surface area contributed by atoms with Crippen LogP contribution >= 0.6 is 0 Å². The predicted molar refractivity (Wildman–Crippen MR) is 78.0 cm³/mol. The van der Waals surface area contributed by atoms with Crippen LogP contribution in [-0.2, 0) is 6.42 Å². The van der Waals surface area contributed by atoms with E-state index < -0.39 is 0 Å². The summed E-state index contributed by atoms with van der Waals surface area (Å²) in [6.07, 6.45) is 0.433. The van der Waals surface area contributed by atoms with Gasteiger partial charge in [-0.3, -0.25) is 0 Å². The molecule has 0 amide bonds. The number of oxime groups is 1. The molecule has 104 valence electrons. The first-order chi connectivity index (χ1) is 10.4. The number of rotatable bonds is 3. The van der Waals surface area contributed by atoms with Gasteiger partial charge in [0.1, 0.15) is 0 Å². The Hall–Kier alpha value is -3.02. The lowest BCUT2D eigenvalue weighted by Gasteiger charge is -2.06.